The van der Waals surface area contributed by atoms with Crippen molar-refractivity contribution in [1.29, 1.82) is 0 Å². The van der Waals surface area contributed by atoms with E-state index in [9.17, 15) is 15.0 Å². The van der Waals surface area contributed by atoms with Gasteiger partial charge in [-0.3, -0.25) is 4.79 Å². The molecule has 0 fully saturated rings. The lowest BCUT2D eigenvalue weighted by Gasteiger charge is -2.32. The van der Waals surface area contributed by atoms with Crippen molar-refractivity contribution < 1.29 is 10.2 Å². The molecule has 3 heterocycles. The van der Waals surface area contributed by atoms with Crippen molar-refractivity contribution in [3.05, 3.63) is 69.9 Å². The molecule has 6 nitrogen and oxygen atoms in total. The summed E-state index contributed by atoms with van der Waals surface area (Å²) in [7, 11) is 1.68. The van der Waals surface area contributed by atoms with Gasteiger partial charge in [0, 0.05) is 42.4 Å². The fourth-order valence-electron chi connectivity index (χ4n) is 3.10. The average molecular weight is 374 g/mol. The summed E-state index contributed by atoms with van der Waals surface area (Å²) in [6.45, 7) is 5.36. The average Bonchev–Trinajstić information content (AvgIpc) is 2.59. The zero-order valence-corrected chi connectivity index (χ0v) is 15.3. The molecule has 0 bridgehead atoms. The maximum Gasteiger partial charge on any atom is 0.258 e. The van der Waals surface area contributed by atoms with Crippen LogP contribution in [0.3, 0.4) is 0 Å². The molecule has 0 saturated carbocycles. The Hall–Kier alpha value is -2.41. The molecule has 1 aliphatic rings. The third-order valence-electron chi connectivity index (χ3n) is 4.56. The van der Waals surface area contributed by atoms with Crippen molar-refractivity contribution in [2.24, 2.45) is 7.05 Å². The summed E-state index contributed by atoms with van der Waals surface area (Å²) in [6, 6.07) is 2.71. The molecule has 1 unspecified atom stereocenters. The highest BCUT2D eigenvalue weighted by atomic mass is 35.5. The van der Waals surface area contributed by atoms with E-state index in [1.807, 2.05) is 6.92 Å². The molecule has 2 aromatic heterocycles. The summed E-state index contributed by atoms with van der Waals surface area (Å²) >= 11 is 5.93. The van der Waals surface area contributed by atoms with Crippen molar-refractivity contribution in [3.8, 4) is 0 Å². The number of hydrogen-bond acceptors (Lipinski definition) is 5. The fourth-order valence-corrected chi connectivity index (χ4v) is 3.26. The third kappa shape index (κ3) is 3.19. The first-order chi connectivity index (χ1) is 12.2. The first-order valence-electron chi connectivity index (χ1n) is 8.11. The Morgan fingerprint density at radius 1 is 1.46 bits per heavy atom. The van der Waals surface area contributed by atoms with E-state index < -0.39 is 11.8 Å². The second-order valence-corrected chi connectivity index (χ2v) is 6.80. The van der Waals surface area contributed by atoms with Crippen molar-refractivity contribution in [3.63, 3.8) is 0 Å². The molecule has 0 aromatic carbocycles. The van der Waals surface area contributed by atoms with Gasteiger partial charge >= 0.3 is 0 Å². The normalized spacial score (nSPS) is 17.5. The molecule has 1 aliphatic heterocycles. The third-order valence-corrected chi connectivity index (χ3v) is 4.76. The van der Waals surface area contributed by atoms with Crippen LogP contribution in [0.25, 0.3) is 16.5 Å². The van der Waals surface area contributed by atoms with Crippen molar-refractivity contribution in [2.45, 2.75) is 25.2 Å². The van der Waals surface area contributed by atoms with E-state index in [-0.39, 0.29) is 12.0 Å². The minimum atomic E-state index is -1.96. The predicted molar refractivity (Wildman–Crippen MR) is 103 cm³/mol. The lowest BCUT2D eigenvalue weighted by atomic mass is 9.92. The number of allylic oxidation sites excluding steroid dienone is 2. The number of halogens is 1. The second-order valence-electron chi connectivity index (χ2n) is 6.41. The highest BCUT2D eigenvalue weighted by molar-refractivity contribution is 6.30. The summed E-state index contributed by atoms with van der Waals surface area (Å²) in [5.74, 6) is -1.96. The largest absolute Gasteiger partial charge is 0.379 e. The summed E-state index contributed by atoms with van der Waals surface area (Å²) in [6.07, 6.45) is 6.41. The first-order valence-corrected chi connectivity index (χ1v) is 8.48. The molecule has 7 heteroatoms. The standard InChI is InChI=1S/C19H20ClN3O3/c1-4-5-19(25,26)16-6-11(2)14(10-21-16)13-7-12-9-22-17(20)8-15(12)23(3)18(13)24/h4,6-10,16,21,25-26H,1,5H2,2-3H3. The SMILES string of the molecule is C=CCC(O)(O)C1C=C(C)C(c2cc3cnc(Cl)cc3n(C)c2=O)=CN1. The smallest absolute Gasteiger partial charge is 0.258 e. The van der Waals surface area contributed by atoms with Gasteiger partial charge in [0.2, 0.25) is 0 Å². The number of nitrogens with zero attached hydrogens (tertiary/aromatic N) is 2. The maximum atomic E-state index is 12.8. The Morgan fingerprint density at radius 3 is 2.85 bits per heavy atom. The van der Waals surface area contributed by atoms with Gasteiger partial charge in [-0.05, 0) is 24.6 Å². The van der Waals surface area contributed by atoms with Crippen LogP contribution in [-0.4, -0.2) is 31.6 Å². The number of pyridine rings is 2. The van der Waals surface area contributed by atoms with Crippen LogP contribution in [0.1, 0.15) is 18.9 Å². The molecule has 136 valence electrons. The van der Waals surface area contributed by atoms with Gasteiger partial charge in [-0.15, -0.1) is 6.58 Å². The zero-order chi connectivity index (χ0) is 19.1. The van der Waals surface area contributed by atoms with Crippen molar-refractivity contribution >= 4 is 28.1 Å². The van der Waals surface area contributed by atoms with Crippen LogP contribution in [0.15, 0.2) is 53.6 Å². The topological polar surface area (TPSA) is 87.4 Å². The number of aryl methyl sites for hydroxylation is 1. The quantitative estimate of drug-likeness (QED) is 0.434. The number of rotatable bonds is 4. The fraction of sp³-hybridized carbons (Fsp3) is 0.263. The van der Waals surface area contributed by atoms with Crippen molar-refractivity contribution in [1.82, 2.24) is 14.9 Å². The van der Waals surface area contributed by atoms with Gasteiger partial charge < -0.3 is 20.1 Å². The van der Waals surface area contributed by atoms with E-state index in [1.165, 1.54) is 10.6 Å². The van der Waals surface area contributed by atoms with E-state index in [1.54, 1.807) is 37.7 Å². The van der Waals surface area contributed by atoms with E-state index in [4.69, 9.17) is 11.6 Å². The molecule has 0 radical (unpaired) electrons. The molecule has 2 aromatic rings. The summed E-state index contributed by atoms with van der Waals surface area (Å²) in [5, 5.41) is 24.3. The van der Waals surface area contributed by atoms with Gasteiger partial charge in [-0.25, -0.2) is 4.98 Å². The number of hydrogen-bond donors (Lipinski definition) is 3. The molecule has 3 N–H and O–H groups in total. The van der Waals surface area contributed by atoms with Gasteiger partial charge in [-0.1, -0.05) is 23.8 Å². The first kappa shape index (κ1) is 18.4. The van der Waals surface area contributed by atoms with Gasteiger partial charge in [0.25, 0.3) is 5.56 Å². The molecule has 0 spiro atoms. The number of aliphatic hydroxyl groups is 2. The van der Waals surface area contributed by atoms with E-state index in [0.29, 0.717) is 21.8 Å². The van der Waals surface area contributed by atoms with Gasteiger partial charge in [0.15, 0.2) is 5.79 Å². The zero-order valence-electron chi connectivity index (χ0n) is 14.5. The van der Waals surface area contributed by atoms with E-state index >= 15 is 0 Å². The Balaban J connectivity index is 2.06. The minimum Gasteiger partial charge on any atom is -0.379 e. The number of aromatic nitrogens is 2. The van der Waals surface area contributed by atoms with Crippen LogP contribution >= 0.6 is 11.6 Å². The van der Waals surface area contributed by atoms with Crippen LogP contribution < -0.4 is 10.9 Å². The van der Waals surface area contributed by atoms with Gasteiger partial charge in [-0.2, -0.15) is 0 Å². The molecule has 26 heavy (non-hydrogen) atoms. The summed E-state index contributed by atoms with van der Waals surface area (Å²) in [5.41, 5.74) is 2.47. The predicted octanol–water partition coefficient (Wildman–Crippen LogP) is 2.10. The maximum absolute atomic E-state index is 12.8. The van der Waals surface area contributed by atoms with Crippen LogP contribution in [0.4, 0.5) is 0 Å². The molecule has 0 amide bonds. The molecule has 3 rings (SSSR count). The Morgan fingerprint density at radius 2 is 2.19 bits per heavy atom. The Bertz CT molecular complexity index is 1000. The lowest BCUT2D eigenvalue weighted by molar-refractivity contribution is -0.168. The van der Waals surface area contributed by atoms with Crippen LogP contribution in [0, 0.1) is 0 Å². The van der Waals surface area contributed by atoms with Gasteiger partial charge in [0.05, 0.1) is 11.6 Å². The molecule has 0 aliphatic carbocycles. The number of dihydropyridines is 1. The second kappa shape index (κ2) is 6.72. The number of nitrogens with one attached hydrogen (secondary N) is 1. The van der Waals surface area contributed by atoms with E-state index in [0.717, 1.165) is 11.0 Å². The molecular formula is C19H20ClN3O3. The van der Waals surface area contributed by atoms with Gasteiger partial charge in [0.1, 0.15) is 5.15 Å². The highest BCUT2D eigenvalue weighted by Gasteiger charge is 2.33. The van der Waals surface area contributed by atoms with Crippen molar-refractivity contribution in [2.75, 3.05) is 0 Å². The molecule has 1 atom stereocenters. The molecular weight excluding hydrogens is 354 g/mol. The molecule has 0 saturated heterocycles. The Kier molecular flexibility index (Phi) is 4.75. The number of fused-ring (bicyclic) bond motifs is 1. The Labute approximate surface area is 155 Å². The highest BCUT2D eigenvalue weighted by Crippen LogP contribution is 2.28. The van der Waals surface area contributed by atoms with Crippen LogP contribution in [0.5, 0.6) is 0 Å². The monoisotopic (exact) mass is 373 g/mol. The summed E-state index contributed by atoms with van der Waals surface area (Å²) < 4.78 is 1.53. The summed E-state index contributed by atoms with van der Waals surface area (Å²) in [4.78, 5) is 16.9. The van der Waals surface area contributed by atoms with Crippen LogP contribution in [0.2, 0.25) is 5.15 Å². The van der Waals surface area contributed by atoms with E-state index in [2.05, 4.69) is 16.9 Å². The van der Waals surface area contributed by atoms with Crippen LogP contribution in [-0.2, 0) is 7.05 Å². The minimum absolute atomic E-state index is 0.0157. The lowest BCUT2D eigenvalue weighted by Crippen LogP contribution is -2.49.